The second-order valence-electron chi connectivity index (χ2n) is 6.72. The average Bonchev–Trinajstić information content (AvgIpc) is 2.52. The molecule has 0 amide bonds. The molecule has 1 aromatic rings. The number of likely N-dealkylation sites (N-methyl/N-ethyl adjacent to an activating group) is 1. The van der Waals surface area contributed by atoms with Crippen molar-refractivity contribution in [1.29, 1.82) is 0 Å². The van der Waals surface area contributed by atoms with E-state index in [-0.39, 0.29) is 0 Å². The molecule has 2 atom stereocenters. The maximum Gasteiger partial charge on any atom is 0.0605 e. The summed E-state index contributed by atoms with van der Waals surface area (Å²) in [5.41, 5.74) is 2.76. The third-order valence-corrected chi connectivity index (χ3v) is 5.24. The van der Waals surface area contributed by atoms with Gasteiger partial charge in [0, 0.05) is 39.3 Å². The molecular formula is C18H29N3. The largest absolute Gasteiger partial charge is 0.371 e. The summed E-state index contributed by atoms with van der Waals surface area (Å²) >= 11 is 0. The van der Waals surface area contributed by atoms with Crippen molar-refractivity contribution in [3.8, 4) is 0 Å². The van der Waals surface area contributed by atoms with Crippen LogP contribution in [0.25, 0.3) is 0 Å². The number of para-hydroxylation sites is 2. The predicted octanol–water partition coefficient (Wildman–Crippen LogP) is 3.11. The Labute approximate surface area is 129 Å². The van der Waals surface area contributed by atoms with E-state index in [0.717, 1.165) is 38.1 Å². The highest BCUT2D eigenvalue weighted by molar-refractivity contribution is 5.73. The van der Waals surface area contributed by atoms with Crippen LogP contribution in [-0.2, 0) is 0 Å². The Morgan fingerprint density at radius 2 is 1.86 bits per heavy atom. The topological polar surface area (TPSA) is 18.5 Å². The number of hydrogen-bond donors (Lipinski definition) is 1. The lowest BCUT2D eigenvalue weighted by atomic mass is 9.86. The van der Waals surface area contributed by atoms with Crippen molar-refractivity contribution in [1.82, 2.24) is 5.32 Å². The van der Waals surface area contributed by atoms with Gasteiger partial charge in [0.1, 0.15) is 0 Å². The Kier molecular flexibility index (Phi) is 4.69. The van der Waals surface area contributed by atoms with Gasteiger partial charge in [0.2, 0.25) is 0 Å². The third-order valence-electron chi connectivity index (χ3n) is 5.24. The number of benzene rings is 1. The first-order valence-corrected chi connectivity index (χ1v) is 8.54. The summed E-state index contributed by atoms with van der Waals surface area (Å²) in [7, 11) is 2.19. The van der Waals surface area contributed by atoms with E-state index in [4.69, 9.17) is 0 Å². The molecule has 0 saturated heterocycles. The van der Waals surface area contributed by atoms with Gasteiger partial charge in [-0.05, 0) is 30.9 Å². The fourth-order valence-corrected chi connectivity index (χ4v) is 3.80. The Morgan fingerprint density at radius 1 is 1.10 bits per heavy atom. The molecule has 0 aromatic heterocycles. The van der Waals surface area contributed by atoms with Gasteiger partial charge < -0.3 is 15.1 Å². The van der Waals surface area contributed by atoms with Gasteiger partial charge in [0.15, 0.2) is 0 Å². The van der Waals surface area contributed by atoms with Crippen LogP contribution in [0.2, 0.25) is 0 Å². The van der Waals surface area contributed by atoms with E-state index in [0.29, 0.717) is 0 Å². The van der Waals surface area contributed by atoms with Crippen molar-refractivity contribution < 1.29 is 0 Å². The first-order chi connectivity index (χ1) is 10.3. The smallest absolute Gasteiger partial charge is 0.0605 e. The number of nitrogens with one attached hydrogen (secondary N) is 1. The van der Waals surface area contributed by atoms with Crippen LogP contribution in [0.3, 0.4) is 0 Å². The molecule has 0 spiro atoms. The second kappa shape index (κ2) is 6.69. The van der Waals surface area contributed by atoms with E-state index in [1.807, 2.05) is 0 Å². The summed E-state index contributed by atoms with van der Waals surface area (Å²) in [6, 6.07) is 9.52. The van der Waals surface area contributed by atoms with Crippen molar-refractivity contribution in [3.05, 3.63) is 24.3 Å². The van der Waals surface area contributed by atoms with Crippen LogP contribution in [0, 0.1) is 5.92 Å². The van der Waals surface area contributed by atoms with Gasteiger partial charge in [0.25, 0.3) is 0 Å². The van der Waals surface area contributed by atoms with Crippen LogP contribution in [0.4, 0.5) is 11.4 Å². The van der Waals surface area contributed by atoms with Gasteiger partial charge in [-0.15, -0.1) is 0 Å². The molecule has 1 saturated carbocycles. The number of anilines is 2. The average molecular weight is 287 g/mol. The Hall–Kier alpha value is -1.22. The highest BCUT2D eigenvalue weighted by atomic mass is 15.3. The summed E-state index contributed by atoms with van der Waals surface area (Å²) < 4.78 is 0. The molecule has 3 heteroatoms. The molecule has 1 aliphatic carbocycles. The molecule has 2 unspecified atom stereocenters. The van der Waals surface area contributed by atoms with Crippen LogP contribution in [-0.4, -0.2) is 39.3 Å². The Balaban J connectivity index is 1.55. The first kappa shape index (κ1) is 14.7. The summed E-state index contributed by atoms with van der Waals surface area (Å²) in [6.07, 6.45) is 5.58. The van der Waals surface area contributed by atoms with Crippen LogP contribution in [0.1, 0.15) is 32.6 Å². The van der Waals surface area contributed by atoms with Gasteiger partial charge in [-0.25, -0.2) is 0 Å². The minimum atomic E-state index is 0.737. The van der Waals surface area contributed by atoms with Crippen molar-refractivity contribution in [3.63, 3.8) is 0 Å². The third kappa shape index (κ3) is 3.34. The van der Waals surface area contributed by atoms with Gasteiger partial charge in [0.05, 0.1) is 11.4 Å². The minimum Gasteiger partial charge on any atom is -0.371 e. The molecular weight excluding hydrogens is 258 g/mol. The predicted molar refractivity (Wildman–Crippen MR) is 91.3 cm³/mol. The molecule has 1 aromatic carbocycles. The summed E-state index contributed by atoms with van der Waals surface area (Å²) in [6.45, 7) is 6.88. The lowest BCUT2D eigenvalue weighted by Gasteiger charge is -2.37. The molecule has 1 aliphatic heterocycles. The molecule has 0 bridgehead atoms. The van der Waals surface area contributed by atoms with Crippen molar-refractivity contribution >= 4 is 11.4 Å². The Bertz CT molecular complexity index is 460. The number of nitrogens with zero attached hydrogens (tertiary/aromatic N) is 2. The lowest BCUT2D eigenvalue weighted by Crippen LogP contribution is -2.45. The zero-order chi connectivity index (χ0) is 14.7. The van der Waals surface area contributed by atoms with Gasteiger partial charge in [-0.3, -0.25) is 0 Å². The van der Waals surface area contributed by atoms with E-state index in [9.17, 15) is 0 Å². The quantitative estimate of drug-likeness (QED) is 0.918. The normalized spacial score (nSPS) is 25.8. The van der Waals surface area contributed by atoms with Crippen LogP contribution in [0.15, 0.2) is 24.3 Å². The monoisotopic (exact) mass is 287 g/mol. The summed E-state index contributed by atoms with van der Waals surface area (Å²) in [4.78, 5) is 4.90. The van der Waals surface area contributed by atoms with Crippen LogP contribution < -0.4 is 15.1 Å². The van der Waals surface area contributed by atoms with E-state index in [1.54, 1.807) is 0 Å². The molecule has 21 heavy (non-hydrogen) atoms. The van der Waals surface area contributed by atoms with Crippen LogP contribution >= 0.6 is 0 Å². The summed E-state index contributed by atoms with van der Waals surface area (Å²) in [5, 5.41) is 3.81. The number of hydrogen-bond acceptors (Lipinski definition) is 3. The fraction of sp³-hybridized carbons (Fsp3) is 0.667. The molecule has 1 N–H and O–H groups in total. The van der Waals surface area contributed by atoms with Crippen molar-refractivity contribution in [2.45, 2.75) is 38.6 Å². The number of fused-ring (bicyclic) bond motifs is 1. The maximum absolute atomic E-state index is 3.81. The standard InChI is InChI=1S/C18H29N3/c1-15-7-3-4-8-16(15)19-11-12-21-14-13-20(2)17-9-5-6-10-18(17)21/h5-6,9-10,15-16,19H,3-4,7-8,11-14H2,1-2H3. The molecule has 1 fully saturated rings. The fourth-order valence-electron chi connectivity index (χ4n) is 3.80. The molecule has 0 radical (unpaired) electrons. The SMILES string of the molecule is CC1CCCCC1NCCN1CCN(C)c2ccccc21. The molecule has 1 heterocycles. The summed E-state index contributed by atoms with van der Waals surface area (Å²) in [5.74, 6) is 0.846. The Morgan fingerprint density at radius 3 is 2.67 bits per heavy atom. The van der Waals surface area contributed by atoms with Crippen molar-refractivity contribution in [2.75, 3.05) is 43.0 Å². The first-order valence-electron chi connectivity index (χ1n) is 8.54. The lowest BCUT2D eigenvalue weighted by molar-refractivity contribution is 0.282. The second-order valence-corrected chi connectivity index (χ2v) is 6.72. The van der Waals surface area contributed by atoms with Crippen LogP contribution in [0.5, 0.6) is 0 Å². The molecule has 116 valence electrons. The number of rotatable bonds is 4. The highest BCUT2D eigenvalue weighted by Gasteiger charge is 2.22. The molecule has 3 nitrogen and oxygen atoms in total. The van der Waals surface area contributed by atoms with E-state index in [1.165, 1.54) is 37.1 Å². The zero-order valence-electron chi connectivity index (χ0n) is 13.5. The highest BCUT2D eigenvalue weighted by Crippen LogP contribution is 2.31. The van der Waals surface area contributed by atoms with Gasteiger partial charge in [-0.2, -0.15) is 0 Å². The van der Waals surface area contributed by atoms with Crippen molar-refractivity contribution in [2.24, 2.45) is 5.92 Å². The van der Waals surface area contributed by atoms with E-state index < -0.39 is 0 Å². The minimum absolute atomic E-state index is 0.737. The molecule has 3 rings (SSSR count). The van der Waals surface area contributed by atoms with E-state index in [2.05, 4.69) is 53.4 Å². The van der Waals surface area contributed by atoms with Gasteiger partial charge in [-0.1, -0.05) is 31.9 Å². The zero-order valence-corrected chi connectivity index (χ0v) is 13.5. The molecule has 2 aliphatic rings. The van der Waals surface area contributed by atoms with Gasteiger partial charge >= 0.3 is 0 Å². The maximum atomic E-state index is 3.81. The van der Waals surface area contributed by atoms with E-state index >= 15 is 0 Å².